The van der Waals surface area contributed by atoms with Crippen molar-refractivity contribution in [3.8, 4) is 0 Å². The van der Waals surface area contributed by atoms with E-state index < -0.39 is 0 Å². The van der Waals surface area contributed by atoms with Crippen LogP contribution in [0, 0.1) is 5.92 Å². The fourth-order valence-corrected chi connectivity index (χ4v) is 1.99. The average Bonchev–Trinajstić information content (AvgIpc) is 2.29. The van der Waals surface area contributed by atoms with E-state index in [1.165, 1.54) is 12.8 Å². The molecule has 2 unspecified atom stereocenters. The first kappa shape index (κ1) is 9.53. The predicted octanol–water partition coefficient (Wildman–Crippen LogP) is 2.98. The normalized spacial score (nSPS) is 32.2. The summed E-state index contributed by atoms with van der Waals surface area (Å²) in [5.74, 6) is 0.718. The van der Waals surface area contributed by atoms with Gasteiger partial charge in [-0.25, -0.2) is 0 Å². The van der Waals surface area contributed by atoms with Gasteiger partial charge in [0.05, 0.1) is 12.2 Å². The molecule has 1 aliphatic heterocycles. The van der Waals surface area contributed by atoms with Crippen molar-refractivity contribution in [2.24, 2.45) is 5.92 Å². The lowest BCUT2D eigenvalue weighted by molar-refractivity contribution is 0.0350. The maximum atomic E-state index is 5.65. The van der Waals surface area contributed by atoms with E-state index in [1.807, 2.05) is 0 Å². The van der Waals surface area contributed by atoms with Gasteiger partial charge >= 0.3 is 0 Å². The summed E-state index contributed by atoms with van der Waals surface area (Å²) >= 11 is 3.68. The Hall–Kier alpha value is 0.440. The third kappa shape index (κ3) is 2.45. The Labute approximate surface area is 77.6 Å². The highest BCUT2D eigenvalue weighted by molar-refractivity contribution is 9.09. The molecule has 66 valence electrons. The summed E-state index contributed by atoms with van der Waals surface area (Å²) in [4.78, 5) is 0.643. The monoisotopic (exact) mass is 220 g/mol. The van der Waals surface area contributed by atoms with Crippen LogP contribution in [0.2, 0.25) is 0 Å². The maximum Gasteiger partial charge on any atom is 0.0630 e. The lowest BCUT2D eigenvalue weighted by Gasteiger charge is -2.17. The van der Waals surface area contributed by atoms with Gasteiger partial charge in [0.1, 0.15) is 0 Å². The van der Waals surface area contributed by atoms with Crippen LogP contribution in [0.4, 0.5) is 0 Å². The van der Waals surface area contributed by atoms with Gasteiger partial charge in [0, 0.05) is 4.83 Å². The van der Waals surface area contributed by atoms with Crippen molar-refractivity contribution in [3.05, 3.63) is 0 Å². The molecule has 0 aromatic rings. The van der Waals surface area contributed by atoms with Crippen molar-refractivity contribution < 1.29 is 4.74 Å². The minimum atomic E-state index is 0.117. The van der Waals surface area contributed by atoms with Gasteiger partial charge in [0.15, 0.2) is 0 Å². The van der Waals surface area contributed by atoms with Crippen molar-refractivity contribution in [2.45, 2.75) is 44.0 Å². The van der Waals surface area contributed by atoms with Crippen LogP contribution in [0.25, 0.3) is 0 Å². The highest BCUT2D eigenvalue weighted by Gasteiger charge is 2.34. The molecule has 1 fully saturated rings. The van der Waals surface area contributed by atoms with Gasteiger partial charge in [0.2, 0.25) is 0 Å². The molecule has 0 aromatic heterocycles. The molecular formula is C9H17BrO. The molecule has 2 heteroatoms. The Kier molecular flexibility index (Phi) is 2.98. The highest BCUT2D eigenvalue weighted by Crippen LogP contribution is 2.34. The quantitative estimate of drug-likeness (QED) is 0.651. The highest BCUT2D eigenvalue weighted by atomic mass is 79.9. The van der Waals surface area contributed by atoms with Gasteiger partial charge in [-0.2, -0.15) is 0 Å². The van der Waals surface area contributed by atoms with Gasteiger partial charge in [-0.3, -0.25) is 0 Å². The molecule has 0 spiro atoms. The fourth-order valence-electron chi connectivity index (χ4n) is 1.65. The molecule has 2 atom stereocenters. The van der Waals surface area contributed by atoms with E-state index in [4.69, 9.17) is 4.74 Å². The van der Waals surface area contributed by atoms with Crippen molar-refractivity contribution >= 4 is 15.9 Å². The Morgan fingerprint density at radius 2 is 2.27 bits per heavy atom. The molecule has 0 saturated carbocycles. The van der Waals surface area contributed by atoms with E-state index in [-0.39, 0.29) is 5.60 Å². The van der Waals surface area contributed by atoms with Crippen molar-refractivity contribution in [1.82, 2.24) is 0 Å². The molecule has 1 aliphatic rings. The SMILES string of the molecule is CCC(Br)C1COC(C)(C)C1. The van der Waals surface area contributed by atoms with Crippen LogP contribution in [-0.4, -0.2) is 17.0 Å². The molecule has 1 rings (SSSR count). The van der Waals surface area contributed by atoms with E-state index in [0.29, 0.717) is 4.83 Å². The predicted molar refractivity (Wildman–Crippen MR) is 51.1 cm³/mol. The Morgan fingerprint density at radius 1 is 1.64 bits per heavy atom. The molecule has 0 radical (unpaired) electrons. The Bertz CT molecular complexity index is 134. The van der Waals surface area contributed by atoms with Crippen LogP contribution in [0.1, 0.15) is 33.6 Å². The second-order valence-electron chi connectivity index (χ2n) is 3.96. The molecule has 0 amide bonds. The zero-order valence-corrected chi connectivity index (χ0v) is 9.15. The number of hydrogen-bond donors (Lipinski definition) is 0. The van der Waals surface area contributed by atoms with Gasteiger partial charge in [-0.15, -0.1) is 0 Å². The van der Waals surface area contributed by atoms with Crippen LogP contribution < -0.4 is 0 Å². The van der Waals surface area contributed by atoms with Crippen LogP contribution in [0.15, 0.2) is 0 Å². The first-order valence-electron chi connectivity index (χ1n) is 4.33. The van der Waals surface area contributed by atoms with Gasteiger partial charge in [-0.1, -0.05) is 22.9 Å². The van der Waals surface area contributed by atoms with Crippen LogP contribution in [0.3, 0.4) is 0 Å². The Balaban J connectivity index is 2.41. The summed E-state index contributed by atoms with van der Waals surface area (Å²) in [5, 5.41) is 0. The van der Waals surface area contributed by atoms with Gasteiger partial charge in [-0.05, 0) is 32.6 Å². The second-order valence-corrected chi connectivity index (χ2v) is 5.14. The minimum Gasteiger partial charge on any atom is -0.375 e. The van der Waals surface area contributed by atoms with E-state index >= 15 is 0 Å². The first-order chi connectivity index (χ1) is 5.05. The van der Waals surface area contributed by atoms with E-state index in [9.17, 15) is 0 Å². The molecule has 1 saturated heterocycles. The maximum absolute atomic E-state index is 5.65. The lowest BCUT2D eigenvalue weighted by atomic mass is 9.94. The molecule has 0 aliphatic carbocycles. The topological polar surface area (TPSA) is 9.23 Å². The summed E-state index contributed by atoms with van der Waals surface area (Å²) in [7, 11) is 0. The molecular weight excluding hydrogens is 204 g/mol. The number of halogens is 1. The summed E-state index contributed by atoms with van der Waals surface area (Å²) < 4.78 is 5.65. The Morgan fingerprint density at radius 3 is 2.64 bits per heavy atom. The molecule has 1 nitrogen and oxygen atoms in total. The molecule has 0 bridgehead atoms. The largest absolute Gasteiger partial charge is 0.375 e. The van der Waals surface area contributed by atoms with Crippen LogP contribution >= 0.6 is 15.9 Å². The summed E-state index contributed by atoms with van der Waals surface area (Å²) in [6.45, 7) is 7.48. The van der Waals surface area contributed by atoms with E-state index in [1.54, 1.807) is 0 Å². The van der Waals surface area contributed by atoms with Gasteiger partial charge in [0.25, 0.3) is 0 Å². The molecule has 11 heavy (non-hydrogen) atoms. The molecule has 1 heterocycles. The second kappa shape index (κ2) is 3.44. The van der Waals surface area contributed by atoms with E-state index in [2.05, 4.69) is 36.7 Å². The lowest BCUT2D eigenvalue weighted by Crippen LogP contribution is -2.18. The fraction of sp³-hybridized carbons (Fsp3) is 1.00. The summed E-state index contributed by atoms with van der Waals surface area (Å²) in [6, 6.07) is 0. The standard InChI is InChI=1S/C9H17BrO/c1-4-8(10)7-5-9(2,3)11-6-7/h7-8H,4-6H2,1-3H3. The zero-order valence-electron chi connectivity index (χ0n) is 7.56. The van der Waals surface area contributed by atoms with Gasteiger partial charge < -0.3 is 4.74 Å². The molecule has 0 N–H and O–H groups in total. The smallest absolute Gasteiger partial charge is 0.0630 e. The zero-order chi connectivity index (χ0) is 8.48. The minimum absolute atomic E-state index is 0.117. The van der Waals surface area contributed by atoms with Crippen molar-refractivity contribution in [1.29, 1.82) is 0 Å². The average molecular weight is 221 g/mol. The third-order valence-electron chi connectivity index (χ3n) is 2.34. The van der Waals surface area contributed by atoms with Crippen LogP contribution in [0.5, 0.6) is 0 Å². The number of rotatable bonds is 2. The molecule has 0 aromatic carbocycles. The van der Waals surface area contributed by atoms with E-state index in [0.717, 1.165) is 12.5 Å². The third-order valence-corrected chi connectivity index (χ3v) is 3.74. The van der Waals surface area contributed by atoms with Crippen molar-refractivity contribution in [2.75, 3.05) is 6.61 Å². The number of ether oxygens (including phenoxy) is 1. The number of hydrogen-bond acceptors (Lipinski definition) is 1. The number of alkyl halides is 1. The van der Waals surface area contributed by atoms with Crippen molar-refractivity contribution in [3.63, 3.8) is 0 Å². The summed E-state index contributed by atoms with van der Waals surface area (Å²) in [6.07, 6.45) is 2.39. The first-order valence-corrected chi connectivity index (χ1v) is 5.25. The van der Waals surface area contributed by atoms with Crippen LogP contribution in [-0.2, 0) is 4.74 Å². The summed E-state index contributed by atoms with van der Waals surface area (Å²) in [5.41, 5.74) is 0.117.